The Kier molecular flexibility index (Phi) is 4.99. The molecule has 0 radical (unpaired) electrons. The van der Waals surface area contributed by atoms with Gasteiger partial charge in [-0.1, -0.05) is 38.2 Å². The van der Waals surface area contributed by atoms with Crippen LogP contribution in [0.4, 0.5) is 0 Å². The summed E-state index contributed by atoms with van der Waals surface area (Å²) in [5.74, 6) is 0. The van der Waals surface area contributed by atoms with Gasteiger partial charge in [0, 0.05) is 24.5 Å². The summed E-state index contributed by atoms with van der Waals surface area (Å²) in [6, 6.07) is 5.30. The molecule has 2 nitrogen and oxygen atoms in total. The molecule has 1 aromatic rings. The number of rotatable bonds is 3. The van der Waals surface area contributed by atoms with E-state index in [4.69, 9.17) is 0 Å². The van der Waals surface area contributed by atoms with Crippen molar-refractivity contribution >= 4 is 0 Å². The van der Waals surface area contributed by atoms with E-state index >= 15 is 0 Å². The average molecular weight is 232 g/mol. The van der Waals surface area contributed by atoms with Gasteiger partial charge >= 0.3 is 0 Å². The summed E-state index contributed by atoms with van der Waals surface area (Å²) in [6.45, 7) is 2.25. The molecule has 0 amide bonds. The van der Waals surface area contributed by atoms with Crippen molar-refractivity contribution in [2.75, 3.05) is 0 Å². The zero-order valence-corrected chi connectivity index (χ0v) is 10.9. The topological polar surface area (TPSA) is 24.9 Å². The molecule has 1 aliphatic carbocycles. The molecule has 1 aromatic heterocycles. The summed E-state index contributed by atoms with van der Waals surface area (Å²) in [6.07, 6.45) is 13.5. The van der Waals surface area contributed by atoms with E-state index in [1.165, 1.54) is 50.5 Å². The van der Waals surface area contributed by atoms with E-state index in [2.05, 4.69) is 23.3 Å². The van der Waals surface area contributed by atoms with Crippen molar-refractivity contribution in [1.29, 1.82) is 0 Å². The van der Waals surface area contributed by atoms with Crippen molar-refractivity contribution in [2.45, 2.75) is 64.0 Å². The van der Waals surface area contributed by atoms with Gasteiger partial charge in [0.2, 0.25) is 0 Å². The number of aromatic nitrogens is 1. The van der Waals surface area contributed by atoms with Gasteiger partial charge in [-0.2, -0.15) is 0 Å². The third-order valence-corrected chi connectivity index (χ3v) is 3.78. The summed E-state index contributed by atoms with van der Waals surface area (Å²) >= 11 is 0. The van der Waals surface area contributed by atoms with E-state index in [1.807, 2.05) is 18.5 Å². The van der Waals surface area contributed by atoms with Crippen molar-refractivity contribution in [3.63, 3.8) is 0 Å². The van der Waals surface area contributed by atoms with Crippen LogP contribution in [0.15, 0.2) is 24.5 Å². The smallest absolute Gasteiger partial charge is 0.0315 e. The van der Waals surface area contributed by atoms with Gasteiger partial charge in [0.15, 0.2) is 0 Å². The summed E-state index contributed by atoms with van der Waals surface area (Å²) in [5, 5.41) is 3.76. The number of nitrogens with one attached hydrogen (secondary N) is 1. The highest BCUT2D eigenvalue weighted by Crippen LogP contribution is 2.20. The molecule has 1 aliphatic rings. The summed E-state index contributed by atoms with van der Waals surface area (Å²) in [4.78, 5) is 4.19. The molecule has 0 aromatic carbocycles. The second-order valence-corrected chi connectivity index (χ2v) is 5.22. The second kappa shape index (κ2) is 6.75. The van der Waals surface area contributed by atoms with Gasteiger partial charge in [0.1, 0.15) is 0 Å². The fourth-order valence-electron chi connectivity index (χ4n) is 2.70. The first-order valence-corrected chi connectivity index (χ1v) is 7.02. The molecule has 1 fully saturated rings. The number of pyridine rings is 1. The molecular weight excluding hydrogens is 208 g/mol. The van der Waals surface area contributed by atoms with E-state index in [0.29, 0.717) is 12.1 Å². The van der Waals surface area contributed by atoms with Crippen LogP contribution in [0.2, 0.25) is 0 Å². The van der Waals surface area contributed by atoms with E-state index in [1.54, 1.807) is 0 Å². The summed E-state index contributed by atoms with van der Waals surface area (Å²) in [7, 11) is 0. The zero-order chi connectivity index (χ0) is 11.9. The third kappa shape index (κ3) is 4.12. The second-order valence-electron chi connectivity index (χ2n) is 5.22. The molecular formula is C15H24N2. The molecule has 0 spiro atoms. The van der Waals surface area contributed by atoms with E-state index in [9.17, 15) is 0 Å². The average Bonchev–Trinajstić information content (AvgIpc) is 2.33. The molecule has 0 saturated heterocycles. The Morgan fingerprint density at radius 1 is 1.18 bits per heavy atom. The largest absolute Gasteiger partial charge is 0.307 e. The van der Waals surface area contributed by atoms with Gasteiger partial charge in [-0.15, -0.1) is 0 Å². The van der Waals surface area contributed by atoms with Crippen LogP contribution in [0.25, 0.3) is 0 Å². The predicted molar refractivity (Wildman–Crippen MR) is 71.9 cm³/mol. The summed E-state index contributed by atoms with van der Waals surface area (Å²) in [5.41, 5.74) is 1.30. The Morgan fingerprint density at radius 2 is 1.88 bits per heavy atom. The minimum Gasteiger partial charge on any atom is -0.307 e. The van der Waals surface area contributed by atoms with Crippen LogP contribution in [-0.4, -0.2) is 11.0 Å². The number of hydrogen-bond acceptors (Lipinski definition) is 2. The lowest BCUT2D eigenvalue weighted by atomic mass is 9.95. The van der Waals surface area contributed by atoms with Crippen LogP contribution in [0, 0.1) is 0 Å². The Labute approximate surface area is 105 Å². The van der Waals surface area contributed by atoms with Crippen LogP contribution >= 0.6 is 0 Å². The molecule has 94 valence electrons. The Hall–Kier alpha value is -0.890. The molecule has 0 bridgehead atoms. The number of hydrogen-bond donors (Lipinski definition) is 1. The predicted octanol–water partition coefficient (Wildman–Crippen LogP) is 3.85. The van der Waals surface area contributed by atoms with Crippen molar-refractivity contribution in [3.8, 4) is 0 Å². The molecule has 2 rings (SSSR count). The van der Waals surface area contributed by atoms with Crippen molar-refractivity contribution in [3.05, 3.63) is 30.1 Å². The highest BCUT2D eigenvalue weighted by Gasteiger charge is 2.14. The van der Waals surface area contributed by atoms with E-state index in [-0.39, 0.29) is 0 Å². The first-order valence-electron chi connectivity index (χ1n) is 7.02. The molecule has 2 heteroatoms. The SMILES string of the molecule is C[C@@H](NC1CCCCCCC1)c1cccnc1. The maximum Gasteiger partial charge on any atom is 0.0315 e. The normalized spacial score (nSPS) is 20.5. The fourth-order valence-corrected chi connectivity index (χ4v) is 2.70. The van der Waals surface area contributed by atoms with E-state index in [0.717, 1.165) is 0 Å². The quantitative estimate of drug-likeness (QED) is 0.856. The maximum absolute atomic E-state index is 4.19. The van der Waals surface area contributed by atoms with Gasteiger partial charge in [0.05, 0.1) is 0 Å². The monoisotopic (exact) mass is 232 g/mol. The zero-order valence-electron chi connectivity index (χ0n) is 10.9. The lowest BCUT2D eigenvalue weighted by Gasteiger charge is -2.25. The summed E-state index contributed by atoms with van der Waals surface area (Å²) < 4.78 is 0. The van der Waals surface area contributed by atoms with Crippen LogP contribution < -0.4 is 5.32 Å². The van der Waals surface area contributed by atoms with Crippen molar-refractivity contribution in [1.82, 2.24) is 10.3 Å². The molecule has 1 N–H and O–H groups in total. The highest BCUT2D eigenvalue weighted by molar-refractivity contribution is 5.12. The first-order chi connectivity index (χ1) is 8.36. The van der Waals surface area contributed by atoms with Gasteiger partial charge in [-0.25, -0.2) is 0 Å². The van der Waals surface area contributed by atoms with Gasteiger partial charge in [-0.05, 0) is 31.4 Å². The number of nitrogens with zero attached hydrogens (tertiary/aromatic N) is 1. The van der Waals surface area contributed by atoms with Crippen LogP contribution in [-0.2, 0) is 0 Å². The van der Waals surface area contributed by atoms with Gasteiger partial charge < -0.3 is 5.32 Å². The highest BCUT2D eigenvalue weighted by atomic mass is 14.9. The molecule has 0 aliphatic heterocycles. The maximum atomic E-state index is 4.19. The molecule has 17 heavy (non-hydrogen) atoms. The minimum absolute atomic E-state index is 0.424. The molecule has 1 atom stereocenters. The fraction of sp³-hybridized carbons (Fsp3) is 0.667. The van der Waals surface area contributed by atoms with Gasteiger partial charge in [0.25, 0.3) is 0 Å². The Bertz CT molecular complexity index is 302. The van der Waals surface area contributed by atoms with Crippen LogP contribution in [0.3, 0.4) is 0 Å². The Balaban J connectivity index is 1.86. The van der Waals surface area contributed by atoms with Crippen LogP contribution in [0.1, 0.15) is 63.5 Å². The first kappa shape index (κ1) is 12.6. The van der Waals surface area contributed by atoms with E-state index < -0.39 is 0 Å². The van der Waals surface area contributed by atoms with Crippen LogP contribution in [0.5, 0.6) is 0 Å². The standard InChI is InChI=1S/C15H24N2/c1-13(14-8-7-11-16-12-14)17-15-9-5-3-2-4-6-10-15/h7-8,11-13,15,17H,2-6,9-10H2,1H3/t13-/m1/s1. The Morgan fingerprint density at radius 3 is 2.53 bits per heavy atom. The van der Waals surface area contributed by atoms with Crippen molar-refractivity contribution < 1.29 is 0 Å². The minimum atomic E-state index is 0.424. The molecule has 1 saturated carbocycles. The lowest BCUT2D eigenvalue weighted by Crippen LogP contribution is -2.32. The molecule has 1 heterocycles. The third-order valence-electron chi connectivity index (χ3n) is 3.78. The van der Waals surface area contributed by atoms with Gasteiger partial charge in [-0.3, -0.25) is 4.98 Å². The van der Waals surface area contributed by atoms with Crippen molar-refractivity contribution in [2.24, 2.45) is 0 Å². The molecule has 0 unspecified atom stereocenters. The lowest BCUT2D eigenvalue weighted by molar-refractivity contribution is 0.362.